The molecule has 1 aromatic carbocycles. The Labute approximate surface area is 113 Å². The maximum atomic E-state index is 5.55. The maximum absolute atomic E-state index is 5.55. The van der Waals surface area contributed by atoms with Crippen molar-refractivity contribution in [2.45, 2.75) is 13.0 Å². The first kappa shape index (κ1) is 14.9. The summed E-state index contributed by atoms with van der Waals surface area (Å²) in [7, 11) is 1.65. The summed E-state index contributed by atoms with van der Waals surface area (Å²) < 4.78 is 16.0. The average Bonchev–Trinajstić information content (AvgIpc) is 2.35. The van der Waals surface area contributed by atoms with Crippen molar-refractivity contribution in [1.29, 1.82) is 0 Å². The average molecular weight is 269 g/mol. The van der Waals surface area contributed by atoms with Gasteiger partial charge in [0.25, 0.3) is 0 Å². The second kappa shape index (κ2) is 8.02. The Hall–Kier alpha value is -1.17. The van der Waals surface area contributed by atoms with Gasteiger partial charge in [-0.05, 0) is 19.1 Å². The third-order valence-electron chi connectivity index (χ3n) is 2.27. The van der Waals surface area contributed by atoms with E-state index in [-0.39, 0.29) is 6.10 Å². The predicted octanol–water partition coefficient (Wildman–Crippen LogP) is 1.75. The quantitative estimate of drug-likeness (QED) is 0.575. The van der Waals surface area contributed by atoms with Gasteiger partial charge in [0.1, 0.15) is 17.3 Å². The molecule has 1 unspecified atom stereocenters. The minimum Gasteiger partial charge on any atom is -0.491 e. The maximum Gasteiger partial charge on any atom is 0.120 e. The second-order valence-corrected chi connectivity index (χ2v) is 4.32. The van der Waals surface area contributed by atoms with Crippen molar-refractivity contribution in [3.8, 4) is 5.75 Å². The summed E-state index contributed by atoms with van der Waals surface area (Å²) in [6.45, 7) is 3.53. The summed E-state index contributed by atoms with van der Waals surface area (Å²) >= 11 is 4.90. The number of hydrogen-bond acceptors (Lipinski definition) is 4. The van der Waals surface area contributed by atoms with Crippen molar-refractivity contribution in [2.24, 2.45) is 5.73 Å². The molecule has 0 spiro atoms. The Kier molecular flexibility index (Phi) is 6.64. The van der Waals surface area contributed by atoms with Crippen LogP contribution in [-0.2, 0) is 9.47 Å². The third kappa shape index (κ3) is 5.44. The van der Waals surface area contributed by atoms with Crippen LogP contribution in [-0.4, -0.2) is 38.0 Å². The first-order chi connectivity index (χ1) is 8.63. The zero-order chi connectivity index (χ0) is 13.4. The van der Waals surface area contributed by atoms with Gasteiger partial charge in [0, 0.05) is 12.7 Å². The predicted molar refractivity (Wildman–Crippen MR) is 75.1 cm³/mol. The van der Waals surface area contributed by atoms with Crippen LogP contribution < -0.4 is 10.5 Å². The third-order valence-corrected chi connectivity index (χ3v) is 2.51. The number of methoxy groups -OCH3 is 1. The molecular formula is C13H19NO3S. The van der Waals surface area contributed by atoms with Crippen LogP contribution in [0.1, 0.15) is 12.5 Å². The van der Waals surface area contributed by atoms with E-state index >= 15 is 0 Å². The van der Waals surface area contributed by atoms with E-state index in [0.29, 0.717) is 24.8 Å². The molecule has 0 aliphatic heterocycles. The fourth-order valence-corrected chi connectivity index (χ4v) is 1.56. The summed E-state index contributed by atoms with van der Waals surface area (Å²) in [5, 5.41) is 0. The van der Waals surface area contributed by atoms with Crippen molar-refractivity contribution in [2.75, 3.05) is 26.9 Å². The molecule has 0 heterocycles. The van der Waals surface area contributed by atoms with E-state index in [9.17, 15) is 0 Å². The second-order valence-electron chi connectivity index (χ2n) is 3.88. The molecule has 1 atom stereocenters. The topological polar surface area (TPSA) is 53.7 Å². The van der Waals surface area contributed by atoms with Gasteiger partial charge >= 0.3 is 0 Å². The number of rotatable bonds is 8. The minimum atomic E-state index is 0.0709. The monoisotopic (exact) mass is 269 g/mol. The molecule has 0 aliphatic carbocycles. The van der Waals surface area contributed by atoms with Gasteiger partial charge in [0.2, 0.25) is 0 Å². The fourth-order valence-electron chi connectivity index (χ4n) is 1.43. The van der Waals surface area contributed by atoms with Crippen LogP contribution in [0.25, 0.3) is 0 Å². The summed E-state index contributed by atoms with van der Waals surface area (Å²) in [4.78, 5) is 0.366. The standard InChI is InChI=1S/C13H19NO3S/c1-10(9-15-2)16-6-7-17-12-5-3-4-11(8-12)13(14)18/h3-5,8,10H,6-7,9H2,1-2H3,(H2,14,18). The van der Waals surface area contributed by atoms with E-state index in [1.807, 2.05) is 31.2 Å². The van der Waals surface area contributed by atoms with Crippen LogP contribution in [0.4, 0.5) is 0 Å². The van der Waals surface area contributed by atoms with E-state index in [4.69, 9.17) is 32.2 Å². The van der Waals surface area contributed by atoms with Crippen LogP contribution in [0.5, 0.6) is 5.75 Å². The Bertz CT molecular complexity index is 384. The number of hydrogen-bond donors (Lipinski definition) is 1. The normalized spacial score (nSPS) is 12.1. The highest BCUT2D eigenvalue weighted by Crippen LogP contribution is 2.13. The van der Waals surface area contributed by atoms with Crippen LogP contribution in [0.15, 0.2) is 24.3 Å². The number of nitrogens with two attached hydrogens (primary N) is 1. The van der Waals surface area contributed by atoms with Crippen LogP contribution in [0.3, 0.4) is 0 Å². The van der Waals surface area contributed by atoms with Crippen molar-refractivity contribution < 1.29 is 14.2 Å². The van der Waals surface area contributed by atoms with Crippen LogP contribution in [0, 0.1) is 0 Å². The van der Waals surface area contributed by atoms with Gasteiger partial charge in [-0.15, -0.1) is 0 Å². The smallest absolute Gasteiger partial charge is 0.120 e. The number of thiocarbonyl (C=S) groups is 1. The lowest BCUT2D eigenvalue weighted by molar-refractivity contribution is -0.00214. The lowest BCUT2D eigenvalue weighted by atomic mass is 10.2. The molecule has 0 aliphatic rings. The summed E-state index contributed by atoms with van der Waals surface area (Å²) in [6, 6.07) is 7.39. The molecule has 0 saturated carbocycles. The molecule has 0 fully saturated rings. The Morgan fingerprint density at radius 2 is 2.17 bits per heavy atom. The molecule has 0 aromatic heterocycles. The van der Waals surface area contributed by atoms with Crippen LogP contribution >= 0.6 is 12.2 Å². The molecule has 18 heavy (non-hydrogen) atoms. The molecule has 5 heteroatoms. The Balaban J connectivity index is 2.31. The van der Waals surface area contributed by atoms with E-state index in [1.165, 1.54) is 0 Å². The molecule has 0 bridgehead atoms. The zero-order valence-corrected chi connectivity index (χ0v) is 11.5. The molecular weight excluding hydrogens is 250 g/mol. The van der Waals surface area contributed by atoms with E-state index in [2.05, 4.69) is 0 Å². The molecule has 100 valence electrons. The SMILES string of the molecule is COCC(C)OCCOc1cccc(C(N)=S)c1. The molecule has 2 N–H and O–H groups in total. The number of benzene rings is 1. The van der Waals surface area contributed by atoms with Gasteiger partial charge in [-0.1, -0.05) is 24.4 Å². The highest BCUT2D eigenvalue weighted by molar-refractivity contribution is 7.80. The lowest BCUT2D eigenvalue weighted by Crippen LogP contribution is -2.18. The summed E-state index contributed by atoms with van der Waals surface area (Å²) in [5.74, 6) is 0.739. The first-order valence-electron chi connectivity index (χ1n) is 5.76. The molecule has 4 nitrogen and oxygen atoms in total. The van der Waals surface area contributed by atoms with Gasteiger partial charge < -0.3 is 19.9 Å². The van der Waals surface area contributed by atoms with Gasteiger partial charge in [0.05, 0.1) is 19.3 Å². The number of ether oxygens (including phenoxy) is 3. The van der Waals surface area contributed by atoms with Crippen molar-refractivity contribution in [3.05, 3.63) is 29.8 Å². The molecule has 0 radical (unpaired) electrons. The van der Waals surface area contributed by atoms with Crippen molar-refractivity contribution >= 4 is 17.2 Å². The van der Waals surface area contributed by atoms with Gasteiger partial charge in [-0.2, -0.15) is 0 Å². The van der Waals surface area contributed by atoms with E-state index in [1.54, 1.807) is 7.11 Å². The zero-order valence-electron chi connectivity index (χ0n) is 10.7. The Morgan fingerprint density at radius 3 is 2.83 bits per heavy atom. The minimum absolute atomic E-state index is 0.0709. The largest absolute Gasteiger partial charge is 0.491 e. The molecule has 1 rings (SSSR count). The Morgan fingerprint density at radius 1 is 1.39 bits per heavy atom. The van der Waals surface area contributed by atoms with Crippen molar-refractivity contribution in [3.63, 3.8) is 0 Å². The highest BCUT2D eigenvalue weighted by Gasteiger charge is 2.02. The lowest BCUT2D eigenvalue weighted by Gasteiger charge is -2.12. The first-order valence-corrected chi connectivity index (χ1v) is 6.17. The van der Waals surface area contributed by atoms with Gasteiger partial charge in [-0.25, -0.2) is 0 Å². The van der Waals surface area contributed by atoms with E-state index < -0.39 is 0 Å². The van der Waals surface area contributed by atoms with Crippen LogP contribution in [0.2, 0.25) is 0 Å². The van der Waals surface area contributed by atoms with Crippen molar-refractivity contribution in [1.82, 2.24) is 0 Å². The highest BCUT2D eigenvalue weighted by atomic mass is 32.1. The fraction of sp³-hybridized carbons (Fsp3) is 0.462. The summed E-state index contributed by atoms with van der Waals surface area (Å²) in [5.41, 5.74) is 6.35. The van der Waals surface area contributed by atoms with Gasteiger partial charge in [0.15, 0.2) is 0 Å². The molecule has 0 amide bonds. The van der Waals surface area contributed by atoms with Gasteiger partial charge in [-0.3, -0.25) is 0 Å². The molecule has 0 saturated heterocycles. The molecule has 1 aromatic rings. The summed E-state index contributed by atoms with van der Waals surface area (Å²) in [6.07, 6.45) is 0.0709. The van der Waals surface area contributed by atoms with E-state index in [0.717, 1.165) is 11.3 Å².